The zero-order valence-electron chi connectivity index (χ0n) is 18.8. The fourth-order valence-electron chi connectivity index (χ4n) is 3.83. The van der Waals surface area contributed by atoms with E-state index in [0.717, 1.165) is 23.2 Å². The maximum atomic E-state index is 13.0. The number of hydrogen-bond donors (Lipinski definition) is 1. The van der Waals surface area contributed by atoms with E-state index in [9.17, 15) is 9.59 Å². The molecule has 1 atom stereocenters. The third kappa shape index (κ3) is 4.59. The van der Waals surface area contributed by atoms with Gasteiger partial charge in [0, 0.05) is 17.7 Å². The topological polar surface area (TPSA) is 92.6 Å². The van der Waals surface area contributed by atoms with Crippen molar-refractivity contribution in [2.75, 3.05) is 20.0 Å². The van der Waals surface area contributed by atoms with Crippen LogP contribution in [-0.4, -0.2) is 53.7 Å². The number of carbonyl (C=O) groups excluding carboxylic acids is 2. The van der Waals surface area contributed by atoms with E-state index in [0.29, 0.717) is 35.5 Å². The first-order chi connectivity index (χ1) is 16.1. The first kappa shape index (κ1) is 22.8. The fraction of sp³-hybridized carbons (Fsp3) is 0.333. The summed E-state index contributed by atoms with van der Waals surface area (Å²) in [5.41, 5.74) is 2.40. The second-order valence-electron chi connectivity index (χ2n) is 7.56. The lowest BCUT2D eigenvalue weighted by Crippen LogP contribution is -2.41. The molecule has 0 unspecified atom stereocenters. The van der Waals surface area contributed by atoms with E-state index < -0.39 is 6.04 Å². The van der Waals surface area contributed by atoms with E-state index in [4.69, 9.17) is 9.47 Å². The Hall–Kier alpha value is -3.33. The molecule has 0 aliphatic carbocycles. The smallest absolute Gasteiger partial charge is 0.259 e. The van der Waals surface area contributed by atoms with Gasteiger partial charge in [-0.1, -0.05) is 49.4 Å². The van der Waals surface area contributed by atoms with Gasteiger partial charge in [0.15, 0.2) is 16.7 Å². The van der Waals surface area contributed by atoms with Crippen molar-refractivity contribution in [1.29, 1.82) is 0 Å². The van der Waals surface area contributed by atoms with Crippen LogP contribution >= 0.6 is 11.8 Å². The number of hydrogen-bond acceptors (Lipinski definition) is 7. The highest BCUT2D eigenvalue weighted by molar-refractivity contribution is 8.14. The van der Waals surface area contributed by atoms with Crippen molar-refractivity contribution in [2.24, 2.45) is 9.98 Å². The number of amides is 2. The van der Waals surface area contributed by atoms with Crippen LogP contribution in [0.5, 0.6) is 11.5 Å². The fourth-order valence-corrected chi connectivity index (χ4v) is 4.66. The Balaban J connectivity index is 1.46. The zero-order chi connectivity index (χ0) is 23.4. The Morgan fingerprint density at radius 3 is 2.73 bits per heavy atom. The Morgan fingerprint density at radius 2 is 1.97 bits per heavy atom. The number of benzene rings is 2. The highest BCUT2D eigenvalue weighted by Gasteiger charge is 2.40. The number of methoxy groups -OCH3 is 2. The van der Waals surface area contributed by atoms with Crippen molar-refractivity contribution in [1.82, 2.24) is 10.2 Å². The molecule has 9 heteroatoms. The van der Waals surface area contributed by atoms with Crippen molar-refractivity contribution in [2.45, 2.75) is 32.4 Å². The second kappa shape index (κ2) is 10.1. The van der Waals surface area contributed by atoms with Gasteiger partial charge >= 0.3 is 0 Å². The third-order valence-electron chi connectivity index (χ3n) is 5.40. The Bertz CT molecular complexity index is 1130. The van der Waals surface area contributed by atoms with Gasteiger partial charge in [0.25, 0.3) is 5.91 Å². The quantitative estimate of drug-likeness (QED) is 0.643. The molecule has 172 valence electrons. The van der Waals surface area contributed by atoms with Crippen molar-refractivity contribution in [3.05, 3.63) is 53.6 Å². The number of rotatable bonds is 8. The molecule has 2 aromatic rings. The predicted octanol–water partition coefficient (Wildman–Crippen LogP) is 3.51. The molecule has 0 saturated carbocycles. The summed E-state index contributed by atoms with van der Waals surface area (Å²) in [5, 5.41) is 3.38. The molecule has 0 saturated heterocycles. The molecular formula is C24H26N4O4S. The summed E-state index contributed by atoms with van der Waals surface area (Å²) < 4.78 is 10.7. The van der Waals surface area contributed by atoms with Crippen LogP contribution in [0.2, 0.25) is 0 Å². The first-order valence-electron chi connectivity index (χ1n) is 10.8. The van der Waals surface area contributed by atoms with E-state index in [2.05, 4.69) is 15.3 Å². The van der Waals surface area contributed by atoms with Crippen molar-refractivity contribution in [3.63, 3.8) is 0 Å². The van der Waals surface area contributed by atoms with E-state index in [1.807, 2.05) is 43.3 Å². The maximum Gasteiger partial charge on any atom is 0.259 e. The monoisotopic (exact) mass is 466 g/mol. The van der Waals surface area contributed by atoms with Gasteiger partial charge in [0.05, 0.1) is 25.7 Å². The first-order valence-corrected chi connectivity index (χ1v) is 11.7. The second-order valence-corrected chi connectivity index (χ2v) is 8.50. The minimum atomic E-state index is -0.406. The minimum absolute atomic E-state index is 0.0888. The summed E-state index contributed by atoms with van der Waals surface area (Å²) in [6, 6.07) is 12.7. The van der Waals surface area contributed by atoms with Crippen molar-refractivity contribution >= 4 is 40.3 Å². The van der Waals surface area contributed by atoms with Crippen LogP contribution in [0.3, 0.4) is 0 Å². The molecule has 2 aromatic carbocycles. The van der Waals surface area contributed by atoms with Gasteiger partial charge in [-0.05, 0) is 24.6 Å². The lowest BCUT2D eigenvalue weighted by molar-refractivity contribution is -0.124. The number of fused-ring (bicyclic) bond motifs is 3. The summed E-state index contributed by atoms with van der Waals surface area (Å²) in [6.07, 6.45) is 1.54. The Labute approximate surface area is 197 Å². The summed E-state index contributed by atoms with van der Waals surface area (Å²) in [7, 11) is 3.14. The average molecular weight is 467 g/mol. The van der Waals surface area contributed by atoms with Crippen LogP contribution in [0.15, 0.2) is 52.4 Å². The van der Waals surface area contributed by atoms with Crippen LogP contribution in [0.25, 0.3) is 0 Å². The third-order valence-corrected chi connectivity index (χ3v) is 6.34. The normalized spacial score (nSPS) is 16.5. The number of nitrogens with one attached hydrogen (secondary N) is 1. The number of carbonyl (C=O) groups is 2. The van der Waals surface area contributed by atoms with E-state index in [-0.39, 0.29) is 17.6 Å². The van der Waals surface area contributed by atoms with Crippen molar-refractivity contribution < 1.29 is 19.1 Å². The molecule has 0 fully saturated rings. The van der Waals surface area contributed by atoms with Crippen LogP contribution in [0, 0.1) is 0 Å². The number of para-hydroxylation sites is 2. The van der Waals surface area contributed by atoms with Gasteiger partial charge in [0.1, 0.15) is 11.9 Å². The van der Waals surface area contributed by atoms with Crippen LogP contribution < -0.4 is 14.8 Å². The number of thioether (sulfide) groups is 1. The van der Waals surface area contributed by atoms with Gasteiger partial charge in [-0.25, -0.2) is 9.89 Å². The summed E-state index contributed by atoms with van der Waals surface area (Å²) >= 11 is 1.23. The summed E-state index contributed by atoms with van der Waals surface area (Å²) in [4.78, 5) is 36.5. The summed E-state index contributed by atoms with van der Waals surface area (Å²) in [6.45, 7) is 2.33. The number of amidine groups is 2. The number of aliphatic imine (C=N–C) groups is 2. The van der Waals surface area contributed by atoms with Gasteiger partial charge < -0.3 is 14.8 Å². The maximum absolute atomic E-state index is 13.0. The predicted molar refractivity (Wildman–Crippen MR) is 129 cm³/mol. The highest BCUT2D eigenvalue weighted by atomic mass is 32.2. The van der Waals surface area contributed by atoms with Gasteiger partial charge in [0.2, 0.25) is 5.91 Å². The Kier molecular flexibility index (Phi) is 6.98. The number of nitrogens with zero attached hydrogens (tertiary/aromatic N) is 3. The van der Waals surface area contributed by atoms with Gasteiger partial charge in [-0.2, -0.15) is 0 Å². The average Bonchev–Trinajstić information content (AvgIpc) is 3.17. The lowest BCUT2D eigenvalue weighted by Gasteiger charge is -2.25. The van der Waals surface area contributed by atoms with Crippen LogP contribution in [0.1, 0.15) is 30.9 Å². The molecule has 0 bridgehead atoms. The van der Waals surface area contributed by atoms with Crippen molar-refractivity contribution in [3.8, 4) is 11.5 Å². The van der Waals surface area contributed by atoms with E-state index in [1.165, 1.54) is 11.8 Å². The van der Waals surface area contributed by atoms with E-state index >= 15 is 0 Å². The van der Waals surface area contributed by atoms with Gasteiger partial charge in [-0.15, -0.1) is 0 Å². The molecule has 2 amide bonds. The summed E-state index contributed by atoms with van der Waals surface area (Å²) in [5.74, 6) is 1.66. The molecule has 2 heterocycles. The molecule has 33 heavy (non-hydrogen) atoms. The molecule has 8 nitrogen and oxygen atoms in total. The Morgan fingerprint density at radius 1 is 1.15 bits per heavy atom. The lowest BCUT2D eigenvalue weighted by atomic mass is 10.1. The molecular weight excluding hydrogens is 440 g/mol. The molecule has 0 radical (unpaired) electrons. The van der Waals surface area contributed by atoms with E-state index in [1.54, 1.807) is 25.2 Å². The molecule has 0 spiro atoms. The minimum Gasteiger partial charge on any atom is -0.493 e. The van der Waals surface area contributed by atoms with Crippen LogP contribution in [-0.2, 0) is 16.1 Å². The molecule has 2 aliphatic rings. The largest absolute Gasteiger partial charge is 0.493 e. The molecule has 4 rings (SSSR count). The van der Waals surface area contributed by atoms with Gasteiger partial charge in [-0.3, -0.25) is 14.6 Å². The standard InChI is InChI=1S/C24H26N4O4S/c1-4-8-18-23(30)28-22(26-18)16-10-5-6-11-17(16)27-24(28)33-14-20(29)25-13-15-9-7-12-19(31-2)21(15)32-3/h5-7,9-12,18H,4,8,13-14H2,1-3H3,(H,25,29)/t18-/m1/s1. The highest BCUT2D eigenvalue weighted by Crippen LogP contribution is 2.34. The molecule has 0 aromatic heterocycles. The number of ether oxygens (including phenoxy) is 2. The zero-order valence-corrected chi connectivity index (χ0v) is 19.6. The van der Waals surface area contributed by atoms with Crippen LogP contribution in [0.4, 0.5) is 5.69 Å². The SMILES string of the molecule is CCC[C@H]1N=C2c3ccccc3N=C(SCC(=O)NCc3cccc(OC)c3OC)N2C1=O. The molecule has 2 aliphatic heterocycles. The molecule has 1 N–H and O–H groups in total.